The molecule has 5 heteroatoms. The summed E-state index contributed by atoms with van der Waals surface area (Å²) in [4.78, 5) is 15.5. The number of carbonyl (C=O) groups is 1. The molecule has 3 rings (SSSR count). The van der Waals surface area contributed by atoms with E-state index in [0.717, 1.165) is 34.4 Å². The number of rotatable bonds is 3. The number of aliphatic carboxylic acids is 1. The third-order valence-corrected chi connectivity index (χ3v) is 4.38. The van der Waals surface area contributed by atoms with Crippen molar-refractivity contribution < 1.29 is 9.90 Å². The van der Waals surface area contributed by atoms with E-state index in [1.807, 2.05) is 35.9 Å². The summed E-state index contributed by atoms with van der Waals surface area (Å²) in [6.45, 7) is 1.93. The van der Waals surface area contributed by atoms with Crippen LogP contribution >= 0.6 is 15.9 Å². The summed E-state index contributed by atoms with van der Waals surface area (Å²) in [5, 5.41) is 9.31. The van der Waals surface area contributed by atoms with Crippen molar-refractivity contribution in [2.24, 2.45) is 0 Å². The van der Waals surface area contributed by atoms with Crippen LogP contribution in [-0.4, -0.2) is 20.6 Å². The lowest BCUT2D eigenvalue weighted by molar-refractivity contribution is -0.140. The van der Waals surface area contributed by atoms with Gasteiger partial charge < -0.3 is 9.67 Å². The van der Waals surface area contributed by atoms with Crippen LogP contribution in [0.25, 0.3) is 5.69 Å². The molecule has 0 spiro atoms. The molecule has 1 aliphatic carbocycles. The molecule has 1 fully saturated rings. The van der Waals surface area contributed by atoms with Crippen LogP contribution in [0.1, 0.15) is 24.2 Å². The lowest BCUT2D eigenvalue weighted by atomic mass is 9.96. The van der Waals surface area contributed by atoms with E-state index in [2.05, 4.69) is 20.9 Å². The van der Waals surface area contributed by atoms with Crippen LogP contribution in [0.15, 0.2) is 35.1 Å². The zero-order valence-electron chi connectivity index (χ0n) is 10.4. The summed E-state index contributed by atoms with van der Waals surface area (Å²) in [6, 6.07) is 5.76. The molecule has 0 bridgehead atoms. The van der Waals surface area contributed by atoms with E-state index in [0.29, 0.717) is 0 Å². The Balaban J connectivity index is 2.04. The number of aromatic nitrogens is 2. The van der Waals surface area contributed by atoms with Gasteiger partial charge in [-0.1, -0.05) is 6.07 Å². The normalized spacial score (nSPS) is 16.3. The van der Waals surface area contributed by atoms with Crippen molar-refractivity contribution in [3.63, 3.8) is 0 Å². The largest absolute Gasteiger partial charge is 0.481 e. The van der Waals surface area contributed by atoms with E-state index < -0.39 is 11.4 Å². The Bertz CT molecular complexity index is 659. The van der Waals surface area contributed by atoms with Crippen molar-refractivity contribution >= 4 is 21.9 Å². The van der Waals surface area contributed by atoms with Gasteiger partial charge in [-0.25, -0.2) is 4.98 Å². The highest BCUT2D eigenvalue weighted by atomic mass is 79.9. The number of halogens is 1. The summed E-state index contributed by atoms with van der Waals surface area (Å²) in [7, 11) is 0. The average Bonchev–Trinajstić information content (AvgIpc) is 3.08. The number of imidazole rings is 1. The Morgan fingerprint density at radius 2 is 2.21 bits per heavy atom. The SMILES string of the molecule is Cc1nccn1-c1ccc(C2(C(=O)O)CC2)cc1Br. The maximum Gasteiger partial charge on any atom is 0.314 e. The predicted molar refractivity (Wildman–Crippen MR) is 74.5 cm³/mol. The van der Waals surface area contributed by atoms with Crippen LogP contribution in [0.5, 0.6) is 0 Å². The smallest absolute Gasteiger partial charge is 0.314 e. The fourth-order valence-electron chi connectivity index (χ4n) is 2.38. The van der Waals surface area contributed by atoms with Gasteiger partial charge in [0.15, 0.2) is 0 Å². The van der Waals surface area contributed by atoms with E-state index in [-0.39, 0.29) is 0 Å². The quantitative estimate of drug-likeness (QED) is 0.945. The van der Waals surface area contributed by atoms with Crippen molar-refractivity contribution in [2.45, 2.75) is 25.2 Å². The summed E-state index contributed by atoms with van der Waals surface area (Å²) < 4.78 is 2.85. The molecule has 1 saturated carbocycles. The molecule has 0 aliphatic heterocycles. The highest BCUT2D eigenvalue weighted by molar-refractivity contribution is 9.10. The monoisotopic (exact) mass is 320 g/mol. The molecule has 98 valence electrons. The molecule has 1 aromatic heterocycles. The first-order chi connectivity index (χ1) is 9.04. The third kappa shape index (κ3) is 1.89. The molecule has 1 heterocycles. The number of carboxylic acid groups (broad SMARTS) is 1. The minimum Gasteiger partial charge on any atom is -0.481 e. The van der Waals surface area contributed by atoms with Gasteiger partial charge in [0.25, 0.3) is 0 Å². The molecule has 0 radical (unpaired) electrons. The molecule has 4 nitrogen and oxygen atoms in total. The molecular formula is C14H13BrN2O2. The summed E-state index contributed by atoms with van der Waals surface area (Å²) >= 11 is 3.53. The average molecular weight is 321 g/mol. The maximum absolute atomic E-state index is 11.3. The number of carboxylic acids is 1. The molecule has 1 aromatic carbocycles. The van der Waals surface area contributed by atoms with Crippen LogP contribution < -0.4 is 0 Å². The van der Waals surface area contributed by atoms with Crippen molar-refractivity contribution in [2.75, 3.05) is 0 Å². The second kappa shape index (κ2) is 4.20. The van der Waals surface area contributed by atoms with Crippen molar-refractivity contribution in [1.82, 2.24) is 9.55 Å². The minimum absolute atomic E-state index is 0.662. The van der Waals surface area contributed by atoms with Gasteiger partial charge in [0.05, 0.1) is 11.1 Å². The number of benzene rings is 1. The van der Waals surface area contributed by atoms with E-state index >= 15 is 0 Å². The molecule has 19 heavy (non-hydrogen) atoms. The lowest BCUT2D eigenvalue weighted by Gasteiger charge is -2.14. The first-order valence-electron chi connectivity index (χ1n) is 6.08. The van der Waals surface area contributed by atoms with Crippen molar-refractivity contribution in [3.8, 4) is 5.69 Å². The zero-order valence-corrected chi connectivity index (χ0v) is 12.0. The van der Waals surface area contributed by atoms with Crippen LogP contribution in [0.3, 0.4) is 0 Å². The number of nitrogens with zero attached hydrogens (tertiary/aromatic N) is 2. The Labute approximate surface area is 119 Å². The maximum atomic E-state index is 11.3. The Morgan fingerprint density at radius 3 is 2.68 bits per heavy atom. The van der Waals surface area contributed by atoms with Crippen LogP contribution in [0.4, 0.5) is 0 Å². The van der Waals surface area contributed by atoms with E-state index in [4.69, 9.17) is 0 Å². The molecule has 2 aromatic rings. The topological polar surface area (TPSA) is 55.1 Å². The second-order valence-electron chi connectivity index (χ2n) is 4.90. The number of hydrogen-bond donors (Lipinski definition) is 1. The van der Waals surface area contributed by atoms with Gasteiger partial charge in [0.2, 0.25) is 0 Å². The Kier molecular flexibility index (Phi) is 2.74. The van der Waals surface area contributed by atoms with Gasteiger partial charge in [-0.2, -0.15) is 0 Å². The molecular weight excluding hydrogens is 308 g/mol. The van der Waals surface area contributed by atoms with E-state index in [9.17, 15) is 9.90 Å². The van der Waals surface area contributed by atoms with Crippen LogP contribution in [-0.2, 0) is 10.2 Å². The van der Waals surface area contributed by atoms with E-state index in [1.54, 1.807) is 6.20 Å². The van der Waals surface area contributed by atoms with Gasteiger partial charge in [0, 0.05) is 16.9 Å². The minimum atomic E-state index is -0.731. The lowest BCUT2D eigenvalue weighted by Crippen LogP contribution is -2.19. The van der Waals surface area contributed by atoms with Gasteiger partial charge >= 0.3 is 5.97 Å². The van der Waals surface area contributed by atoms with Crippen LogP contribution in [0, 0.1) is 6.92 Å². The molecule has 0 amide bonds. The van der Waals surface area contributed by atoms with Gasteiger partial charge in [0.1, 0.15) is 5.82 Å². The van der Waals surface area contributed by atoms with Crippen molar-refractivity contribution in [1.29, 1.82) is 0 Å². The third-order valence-electron chi connectivity index (χ3n) is 3.74. The van der Waals surface area contributed by atoms with Gasteiger partial charge in [-0.15, -0.1) is 0 Å². The number of aryl methyl sites for hydroxylation is 1. The standard InChI is InChI=1S/C14H13BrN2O2/c1-9-16-6-7-17(9)12-3-2-10(8-11(12)15)14(4-5-14)13(18)19/h2-3,6-8H,4-5H2,1H3,(H,18,19). The molecule has 0 atom stereocenters. The summed E-state index contributed by atoms with van der Waals surface area (Å²) in [5.74, 6) is 0.166. The highest BCUT2D eigenvalue weighted by Gasteiger charge is 2.51. The first kappa shape index (κ1) is 12.4. The summed E-state index contributed by atoms with van der Waals surface area (Å²) in [6.07, 6.45) is 5.07. The number of hydrogen-bond acceptors (Lipinski definition) is 2. The molecule has 0 unspecified atom stereocenters. The van der Waals surface area contributed by atoms with E-state index in [1.165, 1.54) is 0 Å². The fraction of sp³-hybridized carbons (Fsp3) is 0.286. The van der Waals surface area contributed by atoms with Crippen LogP contribution in [0.2, 0.25) is 0 Å². The zero-order chi connectivity index (χ0) is 13.6. The second-order valence-corrected chi connectivity index (χ2v) is 5.75. The molecule has 1 aliphatic rings. The Morgan fingerprint density at radius 1 is 1.47 bits per heavy atom. The van der Waals surface area contributed by atoms with Crippen molar-refractivity contribution in [3.05, 3.63) is 46.5 Å². The van der Waals surface area contributed by atoms with Gasteiger partial charge in [-0.05, 0) is 53.4 Å². The summed E-state index contributed by atoms with van der Waals surface area (Å²) in [5.41, 5.74) is 1.18. The molecule has 1 N–H and O–H groups in total. The molecule has 0 saturated heterocycles. The highest BCUT2D eigenvalue weighted by Crippen LogP contribution is 2.49. The Hall–Kier alpha value is -1.62. The predicted octanol–water partition coefficient (Wildman–Crippen LogP) is 3.06. The van der Waals surface area contributed by atoms with Gasteiger partial charge in [-0.3, -0.25) is 4.79 Å². The first-order valence-corrected chi connectivity index (χ1v) is 6.88. The fourth-order valence-corrected chi connectivity index (χ4v) is 2.95.